The van der Waals surface area contributed by atoms with Crippen molar-refractivity contribution in [1.29, 1.82) is 0 Å². The van der Waals surface area contributed by atoms with Crippen LogP contribution < -0.4 is 14.5 Å². The molecular weight excluding hydrogens is 426 g/mol. The second-order valence-corrected chi connectivity index (χ2v) is 9.39. The summed E-state index contributed by atoms with van der Waals surface area (Å²) in [5.41, 5.74) is 4.92. The molecule has 0 amide bonds. The molecule has 0 radical (unpaired) electrons. The van der Waals surface area contributed by atoms with Gasteiger partial charge in [0, 0.05) is 17.5 Å². The van der Waals surface area contributed by atoms with E-state index >= 15 is 0 Å². The molecule has 9 nitrogen and oxygen atoms in total. The third kappa shape index (κ3) is 3.17. The topological polar surface area (TPSA) is 91.9 Å². The average Bonchev–Trinajstić information content (AvgIpc) is 3.56. The molecule has 1 aliphatic carbocycles. The van der Waals surface area contributed by atoms with E-state index < -0.39 is 6.10 Å². The highest BCUT2D eigenvalue weighted by Crippen LogP contribution is 2.40. The van der Waals surface area contributed by atoms with Crippen LogP contribution in [0, 0.1) is 0 Å². The number of nitrogens with zero attached hydrogens (tertiary/aromatic N) is 7. The average molecular weight is 452 g/mol. The van der Waals surface area contributed by atoms with Gasteiger partial charge in [-0.15, -0.1) is 11.3 Å². The van der Waals surface area contributed by atoms with Crippen LogP contribution in [-0.2, 0) is 19.4 Å². The van der Waals surface area contributed by atoms with E-state index in [0.717, 1.165) is 59.5 Å². The number of hydrogen-bond donors (Lipinski definition) is 1. The molecule has 32 heavy (non-hydrogen) atoms. The van der Waals surface area contributed by atoms with E-state index in [9.17, 15) is 5.11 Å². The number of ether oxygens (including phenoxy) is 1. The predicted molar refractivity (Wildman–Crippen MR) is 124 cm³/mol. The van der Waals surface area contributed by atoms with Gasteiger partial charge in [0.15, 0.2) is 5.13 Å². The first kappa shape index (κ1) is 19.7. The van der Waals surface area contributed by atoms with Crippen molar-refractivity contribution in [3.63, 3.8) is 0 Å². The van der Waals surface area contributed by atoms with Crippen LogP contribution >= 0.6 is 11.3 Å². The number of aliphatic imine (C=N–C) groups is 1. The Kier molecular flexibility index (Phi) is 4.65. The van der Waals surface area contributed by atoms with E-state index in [4.69, 9.17) is 19.8 Å². The van der Waals surface area contributed by atoms with Crippen molar-refractivity contribution >= 4 is 34.3 Å². The summed E-state index contributed by atoms with van der Waals surface area (Å²) in [4.78, 5) is 18.2. The second-order valence-electron chi connectivity index (χ2n) is 8.56. The smallest absolute Gasteiger partial charge is 0.238 e. The SMILES string of the molecule is COc1nc(-c2csc(N3CC(O)Cn4nc5c(c43)CCC5)n2)ccc1N1C=NC(C)C1. The van der Waals surface area contributed by atoms with Gasteiger partial charge in [0.25, 0.3) is 0 Å². The highest BCUT2D eigenvalue weighted by molar-refractivity contribution is 7.14. The largest absolute Gasteiger partial charge is 0.479 e. The van der Waals surface area contributed by atoms with E-state index in [0.29, 0.717) is 19.0 Å². The normalized spacial score (nSPS) is 21.8. The number of thiazole rings is 1. The van der Waals surface area contributed by atoms with Crippen LogP contribution in [0.3, 0.4) is 0 Å². The van der Waals surface area contributed by atoms with E-state index in [-0.39, 0.29) is 6.04 Å². The Hall–Kier alpha value is -2.98. The van der Waals surface area contributed by atoms with Gasteiger partial charge >= 0.3 is 0 Å². The lowest BCUT2D eigenvalue weighted by atomic mass is 10.2. The highest BCUT2D eigenvalue weighted by atomic mass is 32.1. The Balaban J connectivity index is 1.33. The van der Waals surface area contributed by atoms with Crippen LogP contribution in [0.5, 0.6) is 5.88 Å². The fraction of sp³-hybridized carbons (Fsp3) is 0.455. The highest BCUT2D eigenvalue weighted by Gasteiger charge is 2.33. The standard InChI is InChI=1S/C22H25N7O2S/c1-13-8-27(12-23-13)19-7-6-17(24-20(19)31-2)18-11-32-22(25-18)28-9-14(30)10-29-21(28)15-4-3-5-16(15)26-29/h6-7,11-14,30H,3-5,8-10H2,1-2H3. The number of anilines is 3. The van der Waals surface area contributed by atoms with Crippen LogP contribution in [0.2, 0.25) is 0 Å². The fourth-order valence-corrected chi connectivity index (χ4v) is 5.59. The predicted octanol–water partition coefficient (Wildman–Crippen LogP) is 2.65. The van der Waals surface area contributed by atoms with Gasteiger partial charge < -0.3 is 14.7 Å². The van der Waals surface area contributed by atoms with Gasteiger partial charge in [-0.1, -0.05) is 0 Å². The molecule has 0 saturated heterocycles. The second kappa shape index (κ2) is 7.56. The molecule has 3 aliphatic rings. The minimum absolute atomic E-state index is 0.260. The molecule has 5 heterocycles. The summed E-state index contributed by atoms with van der Waals surface area (Å²) >= 11 is 1.56. The van der Waals surface area contributed by atoms with E-state index in [2.05, 4.69) is 21.7 Å². The Morgan fingerprint density at radius 1 is 1.12 bits per heavy atom. The summed E-state index contributed by atoms with van der Waals surface area (Å²) in [6, 6.07) is 4.24. The van der Waals surface area contributed by atoms with Crippen LogP contribution in [0.25, 0.3) is 11.4 Å². The Bertz CT molecular complexity index is 1200. The van der Waals surface area contributed by atoms with Crippen LogP contribution in [0.1, 0.15) is 24.6 Å². The van der Waals surface area contributed by atoms with Crippen molar-refractivity contribution in [1.82, 2.24) is 19.7 Å². The maximum atomic E-state index is 10.5. The molecule has 0 bridgehead atoms. The van der Waals surface area contributed by atoms with Crippen molar-refractivity contribution in [3.05, 3.63) is 28.8 Å². The van der Waals surface area contributed by atoms with Gasteiger partial charge in [0.1, 0.15) is 17.2 Å². The number of aryl methyl sites for hydroxylation is 1. The zero-order chi connectivity index (χ0) is 21.8. The van der Waals surface area contributed by atoms with Crippen LogP contribution in [0.4, 0.5) is 16.6 Å². The minimum Gasteiger partial charge on any atom is -0.479 e. The van der Waals surface area contributed by atoms with Gasteiger partial charge in [-0.3, -0.25) is 9.89 Å². The minimum atomic E-state index is -0.475. The van der Waals surface area contributed by atoms with Crippen molar-refractivity contribution in [3.8, 4) is 17.3 Å². The number of fused-ring (bicyclic) bond motifs is 3. The molecule has 2 atom stereocenters. The van der Waals surface area contributed by atoms with Gasteiger partial charge in [-0.25, -0.2) is 14.6 Å². The van der Waals surface area contributed by atoms with Gasteiger partial charge in [0.05, 0.1) is 50.1 Å². The monoisotopic (exact) mass is 451 g/mol. The molecular formula is C22H25N7O2S. The Morgan fingerprint density at radius 3 is 2.84 bits per heavy atom. The number of aromatic nitrogens is 4. The number of pyridine rings is 1. The summed E-state index contributed by atoms with van der Waals surface area (Å²) in [5.74, 6) is 1.65. The Labute approximate surface area is 190 Å². The number of β-amino-alcohol motifs (C(OH)–C–C–N with tert-alkyl or cyclic N) is 1. The summed E-state index contributed by atoms with van der Waals surface area (Å²) in [7, 11) is 1.63. The fourth-order valence-electron chi connectivity index (χ4n) is 4.76. The maximum absolute atomic E-state index is 10.5. The number of hydrogen-bond acceptors (Lipinski definition) is 9. The lowest BCUT2D eigenvalue weighted by molar-refractivity contribution is 0.147. The summed E-state index contributed by atoms with van der Waals surface area (Å²) in [6.07, 6.45) is 4.56. The quantitative estimate of drug-likeness (QED) is 0.652. The van der Waals surface area contributed by atoms with Gasteiger partial charge in [-0.2, -0.15) is 5.10 Å². The zero-order valence-corrected chi connectivity index (χ0v) is 18.9. The summed E-state index contributed by atoms with van der Waals surface area (Å²) in [5, 5.41) is 18.1. The van der Waals surface area contributed by atoms with Crippen molar-refractivity contribution in [2.45, 2.75) is 44.9 Å². The lowest BCUT2D eigenvalue weighted by Gasteiger charge is -2.31. The Morgan fingerprint density at radius 2 is 2.03 bits per heavy atom. The van der Waals surface area contributed by atoms with E-state index in [1.54, 1.807) is 18.4 Å². The van der Waals surface area contributed by atoms with Crippen molar-refractivity contribution < 1.29 is 9.84 Å². The third-order valence-electron chi connectivity index (χ3n) is 6.23. The first-order chi connectivity index (χ1) is 15.6. The summed E-state index contributed by atoms with van der Waals surface area (Å²) in [6.45, 7) is 3.96. The number of methoxy groups -OCH3 is 1. The maximum Gasteiger partial charge on any atom is 0.238 e. The van der Waals surface area contributed by atoms with Crippen LogP contribution in [0.15, 0.2) is 22.5 Å². The number of rotatable bonds is 4. The lowest BCUT2D eigenvalue weighted by Crippen LogP contribution is -2.39. The molecule has 10 heteroatoms. The van der Waals surface area contributed by atoms with Gasteiger partial charge in [0.2, 0.25) is 5.88 Å². The molecule has 2 aliphatic heterocycles. The molecule has 6 rings (SSSR count). The van der Waals surface area contributed by atoms with Gasteiger partial charge in [-0.05, 0) is 38.3 Å². The molecule has 166 valence electrons. The third-order valence-corrected chi connectivity index (χ3v) is 7.09. The first-order valence-corrected chi connectivity index (χ1v) is 11.8. The number of aliphatic hydroxyl groups excluding tert-OH is 1. The van der Waals surface area contributed by atoms with Crippen molar-refractivity contribution in [2.24, 2.45) is 4.99 Å². The van der Waals surface area contributed by atoms with E-state index in [1.807, 2.05) is 28.5 Å². The molecule has 0 aromatic carbocycles. The molecule has 0 fully saturated rings. The van der Waals surface area contributed by atoms with Crippen molar-refractivity contribution in [2.75, 3.05) is 30.0 Å². The summed E-state index contributed by atoms with van der Waals surface area (Å²) < 4.78 is 7.54. The molecule has 0 saturated carbocycles. The molecule has 3 aromatic heterocycles. The molecule has 0 spiro atoms. The number of aliphatic hydroxyl groups is 1. The first-order valence-electron chi connectivity index (χ1n) is 11.0. The van der Waals surface area contributed by atoms with E-state index in [1.165, 1.54) is 5.56 Å². The van der Waals surface area contributed by atoms with Crippen LogP contribution in [-0.4, -0.2) is 63.5 Å². The molecule has 2 unspecified atom stereocenters. The molecule has 3 aromatic rings. The zero-order valence-electron chi connectivity index (χ0n) is 18.1. The molecule has 1 N–H and O–H groups in total.